The molecule has 242 valence electrons. The van der Waals surface area contributed by atoms with Crippen molar-refractivity contribution in [3.63, 3.8) is 0 Å². The Kier molecular flexibility index (Phi) is 13.2. The molecular formula is C34H55N3O6. The van der Waals surface area contributed by atoms with Gasteiger partial charge >= 0.3 is 11.9 Å². The summed E-state index contributed by atoms with van der Waals surface area (Å²) in [4.78, 5) is 54.2. The van der Waals surface area contributed by atoms with Crippen molar-refractivity contribution in [1.82, 2.24) is 15.5 Å². The van der Waals surface area contributed by atoms with Crippen LogP contribution in [0.15, 0.2) is 35.9 Å². The minimum atomic E-state index is -0.844. The summed E-state index contributed by atoms with van der Waals surface area (Å²) in [6, 6.07) is 5.11. The number of carbonyl (C=O) groups is 4. The third kappa shape index (κ3) is 10.5. The fraction of sp³-hybridized carbons (Fsp3) is 0.647. The smallest absolute Gasteiger partial charge is 0.338 e. The molecular weight excluding hydrogens is 546 g/mol. The highest BCUT2D eigenvalue weighted by Crippen LogP contribution is 2.30. The van der Waals surface area contributed by atoms with Crippen LogP contribution in [0.2, 0.25) is 0 Å². The van der Waals surface area contributed by atoms with Gasteiger partial charge in [-0.2, -0.15) is 0 Å². The van der Waals surface area contributed by atoms with E-state index in [1.54, 1.807) is 51.1 Å². The van der Waals surface area contributed by atoms with E-state index in [2.05, 4.69) is 10.6 Å². The van der Waals surface area contributed by atoms with Crippen molar-refractivity contribution in [3.05, 3.63) is 47.0 Å². The van der Waals surface area contributed by atoms with Crippen molar-refractivity contribution < 1.29 is 28.7 Å². The van der Waals surface area contributed by atoms with Crippen LogP contribution in [-0.4, -0.2) is 73.1 Å². The third-order valence-corrected chi connectivity index (χ3v) is 7.43. The quantitative estimate of drug-likeness (QED) is 0.255. The molecule has 43 heavy (non-hydrogen) atoms. The Morgan fingerprint density at radius 2 is 1.47 bits per heavy atom. The number of hydrogen-bond donors (Lipinski definition) is 2. The summed E-state index contributed by atoms with van der Waals surface area (Å²) in [6.07, 6.45) is 1.75. The van der Waals surface area contributed by atoms with Crippen LogP contribution in [0.1, 0.15) is 99.0 Å². The van der Waals surface area contributed by atoms with Crippen LogP contribution in [0, 0.1) is 11.3 Å². The molecule has 0 spiro atoms. The number of amides is 2. The molecule has 0 bridgehead atoms. The first-order chi connectivity index (χ1) is 19.6. The molecule has 0 saturated carbocycles. The molecule has 0 saturated heterocycles. The molecule has 0 heterocycles. The zero-order chi connectivity index (χ0) is 33.5. The Bertz CT molecular complexity index is 1160. The molecule has 2 amide bonds. The number of hydrogen-bond acceptors (Lipinski definition) is 7. The van der Waals surface area contributed by atoms with E-state index in [0.717, 1.165) is 5.56 Å². The second-order valence-corrected chi connectivity index (χ2v) is 14.1. The van der Waals surface area contributed by atoms with Crippen LogP contribution in [-0.2, 0) is 29.3 Å². The molecule has 0 aromatic heterocycles. The summed E-state index contributed by atoms with van der Waals surface area (Å²) in [5.74, 6) is -1.43. The zero-order valence-electron chi connectivity index (χ0n) is 28.8. The van der Waals surface area contributed by atoms with Crippen molar-refractivity contribution >= 4 is 23.8 Å². The van der Waals surface area contributed by atoms with E-state index in [9.17, 15) is 19.2 Å². The molecule has 1 rings (SSSR count). The molecule has 0 aliphatic rings. The van der Waals surface area contributed by atoms with Crippen molar-refractivity contribution in [2.45, 2.75) is 112 Å². The Morgan fingerprint density at radius 1 is 0.930 bits per heavy atom. The van der Waals surface area contributed by atoms with E-state index < -0.39 is 46.5 Å². The lowest BCUT2D eigenvalue weighted by Crippen LogP contribution is -2.61. The lowest BCUT2D eigenvalue weighted by molar-refractivity contribution is -0.141. The normalized spacial score (nSPS) is 14.9. The summed E-state index contributed by atoms with van der Waals surface area (Å²) in [7, 11) is 3.40. The largest absolute Gasteiger partial charge is 0.463 e. The SMILES string of the molecule is CCOC(=O)/C(C)=C/[C@H](C(C)C)N(C)C(=O)[C@@H](NC(=O)C(NC)C(C)(C)c1ccc(C(=O)OC(C)(C)C)cc1)C(C)(C)C. The van der Waals surface area contributed by atoms with E-state index in [0.29, 0.717) is 11.1 Å². The minimum Gasteiger partial charge on any atom is -0.463 e. The van der Waals surface area contributed by atoms with Gasteiger partial charge in [0.1, 0.15) is 11.6 Å². The molecule has 3 atom stereocenters. The second kappa shape index (κ2) is 15.0. The first kappa shape index (κ1) is 37.8. The fourth-order valence-electron chi connectivity index (χ4n) is 4.90. The van der Waals surface area contributed by atoms with Gasteiger partial charge in [-0.25, -0.2) is 9.59 Å². The van der Waals surface area contributed by atoms with Gasteiger partial charge in [-0.15, -0.1) is 0 Å². The third-order valence-electron chi connectivity index (χ3n) is 7.43. The van der Waals surface area contributed by atoms with E-state index in [-0.39, 0.29) is 24.3 Å². The van der Waals surface area contributed by atoms with Crippen molar-refractivity contribution in [2.24, 2.45) is 11.3 Å². The van der Waals surface area contributed by atoms with Crippen LogP contribution in [0.5, 0.6) is 0 Å². The predicted molar refractivity (Wildman–Crippen MR) is 171 cm³/mol. The Balaban J connectivity index is 3.31. The van der Waals surface area contributed by atoms with Crippen molar-refractivity contribution in [1.29, 1.82) is 0 Å². The molecule has 1 aromatic carbocycles. The monoisotopic (exact) mass is 601 g/mol. The second-order valence-electron chi connectivity index (χ2n) is 14.1. The van der Waals surface area contributed by atoms with Gasteiger partial charge in [0, 0.05) is 18.0 Å². The average molecular weight is 602 g/mol. The number of rotatable bonds is 12. The Morgan fingerprint density at radius 3 is 1.88 bits per heavy atom. The van der Waals surface area contributed by atoms with Gasteiger partial charge in [-0.05, 0) is 70.7 Å². The molecule has 1 unspecified atom stereocenters. The number of benzene rings is 1. The fourth-order valence-corrected chi connectivity index (χ4v) is 4.90. The van der Waals surface area contributed by atoms with Crippen LogP contribution >= 0.6 is 0 Å². The number of nitrogens with zero attached hydrogens (tertiary/aromatic N) is 1. The summed E-state index contributed by atoms with van der Waals surface area (Å²) in [6.45, 7) is 22.7. The first-order valence-electron chi connectivity index (χ1n) is 15.0. The summed E-state index contributed by atoms with van der Waals surface area (Å²) < 4.78 is 10.6. The van der Waals surface area contributed by atoms with Gasteiger partial charge in [0.25, 0.3) is 0 Å². The molecule has 9 nitrogen and oxygen atoms in total. The molecule has 9 heteroatoms. The number of esters is 2. The maximum absolute atomic E-state index is 14.0. The summed E-state index contributed by atoms with van der Waals surface area (Å²) in [5.41, 5.74) is -0.239. The lowest BCUT2D eigenvalue weighted by Gasteiger charge is -2.40. The van der Waals surface area contributed by atoms with Crippen molar-refractivity contribution in [2.75, 3.05) is 20.7 Å². The molecule has 0 aliphatic heterocycles. The molecule has 1 aromatic rings. The van der Waals surface area contributed by atoms with Crippen LogP contribution < -0.4 is 10.6 Å². The minimum absolute atomic E-state index is 0.00212. The van der Waals surface area contributed by atoms with Gasteiger partial charge in [-0.3, -0.25) is 9.59 Å². The molecule has 0 radical (unpaired) electrons. The van der Waals surface area contributed by atoms with E-state index in [4.69, 9.17) is 9.47 Å². The standard InChI is InChI=1S/C34H55N3O6/c1-15-42-30(40)22(4)20-25(21(2)3)37(14)29(39)27(32(5,6)7)36-28(38)26(35-13)34(11,12)24-18-16-23(17-19-24)31(41)43-33(8,9)10/h16-21,25-27,35H,15H2,1-14H3,(H,36,38)/b22-20+/t25-,26?,27-/m1/s1. The van der Waals surface area contributed by atoms with Gasteiger partial charge in [0.15, 0.2) is 0 Å². The highest BCUT2D eigenvalue weighted by atomic mass is 16.6. The van der Waals surface area contributed by atoms with E-state index in [1.165, 1.54) is 0 Å². The summed E-state index contributed by atoms with van der Waals surface area (Å²) >= 11 is 0. The molecule has 0 aliphatic carbocycles. The number of likely N-dealkylation sites (N-methyl/N-ethyl adjacent to an activating group) is 2. The van der Waals surface area contributed by atoms with Gasteiger partial charge in [0.2, 0.25) is 11.8 Å². The summed E-state index contributed by atoms with van der Waals surface area (Å²) in [5, 5.41) is 6.17. The number of nitrogens with one attached hydrogen (secondary N) is 2. The van der Waals surface area contributed by atoms with Gasteiger partial charge in [0.05, 0.1) is 24.3 Å². The number of carbonyl (C=O) groups excluding carboxylic acids is 4. The topological polar surface area (TPSA) is 114 Å². The number of ether oxygens (including phenoxy) is 2. The first-order valence-corrected chi connectivity index (χ1v) is 15.0. The Hall–Kier alpha value is -3.20. The predicted octanol–water partition coefficient (Wildman–Crippen LogP) is 5.03. The van der Waals surface area contributed by atoms with E-state index >= 15 is 0 Å². The maximum atomic E-state index is 14.0. The highest BCUT2D eigenvalue weighted by molar-refractivity contribution is 5.92. The van der Waals surface area contributed by atoms with Crippen LogP contribution in [0.25, 0.3) is 0 Å². The van der Waals surface area contributed by atoms with Crippen molar-refractivity contribution in [3.8, 4) is 0 Å². The lowest BCUT2D eigenvalue weighted by atomic mass is 9.76. The van der Waals surface area contributed by atoms with Gasteiger partial charge < -0.3 is 25.0 Å². The highest BCUT2D eigenvalue weighted by Gasteiger charge is 2.41. The zero-order valence-corrected chi connectivity index (χ0v) is 28.8. The van der Waals surface area contributed by atoms with Crippen LogP contribution in [0.4, 0.5) is 0 Å². The maximum Gasteiger partial charge on any atom is 0.338 e. The molecule has 0 fully saturated rings. The Labute approximate surface area is 259 Å². The van der Waals surface area contributed by atoms with Gasteiger partial charge in [-0.1, -0.05) is 66.7 Å². The average Bonchev–Trinajstić information content (AvgIpc) is 2.88. The van der Waals surface area contributed by atoms with E-state index in [1.807, 2.05) is 81.4 Å². The molecule has 2 N–H and O–H groups in total. The van der Waals surface area contributed by atoms with Crippen LogP contribution in [0.3, 0.4) is 0 Å².